The van der Waals surface area contributed by atoms with Crippen LogP contribution in [-0.4, -0.2) is 29.9 Å². The van der Waals surface area contributed by atoms with Gasteiger partial charge < -0.3 is 15.5 Å². The van der Waals surface area contributed by atoms with E-state index in [1.54, 1.807) is 0 Å². The number of aliphatic hydroxyl groups excluding tert-OH is 2. The highest BCUT2D eigenvalue weighted by atomic mass is 16.3. The van der Waals surface area contributed by atoms with Gasteiger partial charge in [0.1, 0.15) is 0 Å². The fourth-order valence-electron chi connectivity index (χ4n) is 2.26. The van der Waals surface area contributed by atoms with E-state index in [9.17, 15) is 5.11 Å². The van der Waals surface area contributed by atoms with Gasteiger partial charge in [-0.2, -0.15) is 0 Å². The Morgan fingerprint density at radius 3 is 2.29 bits per heavy atom. The van der Waals surface area contributed by atoms with Gasteiger partial charge in [-0.05, 0) is 50.4 Å². The fraction of sp³-hybridized carbons (Fsp3) is 0.571. The monoisotopic (exact) mass is 237 g/mol. The van der Waals surface area contributed by atoms with E-state index in [4.69, 9.17) is 5.11 Å². The second-order valence-corrected chi connectivity index (χ2v) is 4.61. The lowest BCUT2D eigenvalue weighted by atomic mass is 9.95. The van der Waals surface area contributed by atoms with E-state index in [-0.39, 0.29) is 6.61 Å². The average molecular weight is 237 g/mol. The van der Waals surface area contributed by atoms with Gasteiger partial charge in [0.2, 0.25) is 0 Å². The standard InChI is InChI=1S/C14H23NO2/c1-10-7-11(2)14(12(3)8-10)13(17)9-15-5-4-6-16/h7-8,13,15-17H,4-6,9H2,1-3H3. The molecule has 0 saturated carbocycles. The Bertz CT molecular complexity index is 340. The molecule has 0 bridgehead atoms. The molecule has 1 unspecified atom stereocenters. The number of nitrogens with one attached hydrogen (secondary N) is 1. The summed E-state index contributed by atoms with van der Waals surface area (Å²) in [6.07, 6.45) is 0.243. The van der Waals surface area contributed by atoms with Gasteiger partial charge in [-0.1, -0.05) is 17.7 Å². The van der Waals surface area contributed by atoms with Crippen LogP contribution in [-0.2, 0) is 0 Å². The van der Waals surface area contributed by atoms with E-state index >= 15 is 0 Å². The van der Waals surface area contributed by atoms with E-state index in [1.165, 1.54) is 5.56 Å². The smallest absolute Gasteiger partial charge is 0.0919 e. The second-order valence-electron chi connectivity index (χ2n) is 4.61. The first-order valence-electron chi connectivity index (χ1n) is 6.13. The van der Waals surface area contributed by atoms with Crippen LogP contribution in [0.15, 0.2) is 12.1 Å². The Morgan fingerprint density at radius 1 is 1.18 bits per heavy atom. The molecule has 1 rings (SSSR count). The van der Waals surface area contributed by atoms with Gasteiger partial charge in [-0.25, -0.2) is 0 Å². The van der Waals surface area contributed by atoms with Crippen molar-refractivity contribution >= 4 is 0 Å². The van der Waals surface area contributed by atoms with E-state index in [1.807, 2.05) is 13.8 Å². The van der Waals surface area contributed by atoms with Gasteiger partial charge in [-0.15, -0.1) is 0 Å². The molecule has 0 aliphatic carbocycles. The number of aliphatic hydroxyl groups is 2. The van der Waals surface area contributed by atoms with Crippen LogP contribution >= 0.6 is 0 Å². The van der Waals surface area contributed by atoms with Gasteiger partial charge >= 0.3 is 0 Å². The zero-order chi connectivity index (χ0) is 12.8. The molecule has 1 aromatic rings. The molecule has 0 spiro atoms. The first-order valence-corrected chi connectivity index (χ1v) is 6.13. The summed E-state index contributed by atoms with van der Waals surface area (Å²) in [7, 11) is 0. The Labute approximate surface area is 103 Å². The van der Waals surface area contributed by atoms with E-state index in [0.29, 0.717) is 6.54 Å². The van der Waals surface area contributed by atoms with Crippen LogP contribution in [0.5, 0.6) is 0 Å². The zero-order valence-corrected chi connectivity index (χ0v) is 11.0. The number of benzene rings is 1. The molecule has 0 fully saturated rings. The van der Waals surface area contributed by atoms with Gasteiger partial charge in [-0.3, -0.25) is 0 Å². The Hall–Kier alpha value is -0.900. The quantitative estimate of drug-likeness (QED) is 0.659. The van der Waals surface area contributed by atoms with Gasteiger partial charge in [0, 0.05) is 13.2 Å². The minimum atomic E-state index is -0.478. The fourth-order valence-corrected chi connectivity index (χ4v) is 2.26. The lowest BCUT2D eigenvalue weighted by molar-refractivity contribution is 0.172. The first kappa shape index (κ1) is 14.2. The molecule has 0 heterocycles. The van der Waals surface area contributed by atoms with E-state index in [2.05, 4.69) is 24.4 Å². The number of rotatable bonds is 6. The van der Waals surface area contributed by atoms with Crippen LogP contribution in [0.2, 0.25) is 0 Å². The minimum Gasteiger partial charge on any atom is -0.396 e. The molecular weight excluding hydrogens is 214 g/mol. The molecule has 17 heavy (non-hydrogen) atoms. The summed E-state index contributed by atoms with van der Waals surface area (Å²) in [4.78, 5) is 0. The van der Waals surface area contributed by atoms with Crippen molar-refractivity contribution in [3.05, 3.63) is 34.4 Å². The molecule has 0 radical (unpaired) electrons. The summed E-state index contributed by atoms with van der Waals surface area (Å²) in [5, 5.41) is 22.0. The summed E-state index contributed by atoms with van der Waals surface area (Å²) in [6.45, 7) is 7.59. The van der Waals surface area contributed by atoms with E-state index < -0.39 is 6.10 Å². The molecule has 1 atom stereocenters. The topological polar surface area (TPSA) is 52.5 Å². The van der Waals surface area contributed by atoms with Crippen LogP contribution in [0.4, 0.5) is 0 Å². The maximum atomic E-state index is 10.1. The highest BCUT2D eigenvalue weighted by Crippen LogP contribution is 2.22. The highest BCUT2D eigenvalue weighted by Gasteiger charge is 2.13. The molecule has 1 aromatic carbocycles. The van der Waals surface area contributed by atoms with Crippen molar-refractivity contribution in [1.29, 1.82) is 0 Å². The summed E-state index contributed by atoms with van der Waals surface area (Å²) in [5.74, 6) is 0. The van der Waals surface area contributed by atoms with Crippen molar-refractivity contribution in [3.8, 4) is 0 Å². The molecule has 0 aromatic heterocycles. The minimum absolute atomic E-state index is 0.186. The molecule has 96 valence electrons. The molecule has 0 aliphatic rings. The molecule has 3 heteroatoms. The number of hydrogen-bond acceptors (Lipinski definition) is 3. The first-order chi connectivity index (χ1) is 8.06. The van der Waals surface area contributed by atoms with Crippen LogP contribution in [0.1, 0.15) is 34.8 Å². The van der Waals surface area contributed by atoms with Crippen molar-refractivity contribution in [3.63, 3.8) is 0 Å². The van der Waals surface area contributed by atoms with Crippen LogP contribution < -0.4 is 5.32 Å². The SMILES string of the molecule is Cc1cc(C)c(C(O)CNCCCO)c(C)c1. The van der Waals surface area contributed by atoms with Gasteiger partial charge in [0.25, 0.3) is 0 Å². The van der Waals surface area contributed by atoms with Crippen molar-refractivity contribution in [2.45, 2.75) is 33.3 Å². The third-order valence-electron chi connectivity index (χ3n) is 2.92. The van der Waals surface area contributed by atoms with E-state index in [0.717, 1.165) is 29.7 Å². The molecule has 3 nitrogen and oxygen atoms in total. The van der Waals surface area contributed by atoms with Crippen LogP contribution in [0.3, 0.4) is 0 Å². The van der Waals surface area contributed by atoms with Crippen molar-refractivity contribution in [2.75, 3.05) is 19.7 Å². The lowest BCUT2D eigenvalue weighted by Gasteiger charge is -2.18. The normalized spacial score (nSPS) is 12.8. The molecule has 0 saturated heterocycles. The second kappa shape index (κ2) is 6.74. The predicted octanol–water partition coefficient (Wildman–Crippen LogP) is 1.62. The highest BCUT2D eigenvalue weighted by molar-refractivity contribution is 5.39. The molecule has 0 aliphatic heterocycles. The summed E-state index contributed by atoms with van der Waals surface area (Å²) < 4.78 is 0. The van der Waals surface area contributed by atoms with Crippen molar-refractivity contribution in [2.24, 2.45) is 0 Å². The van der Waals surface area contributed by atoms with Crippen molar-refractivity contribution in [1.82, 2.24) is 5.32 Å². The van der Waals surface area contributed by atoms with Gasteiger partial charge in [0.15, 0.2) is 0 Å². The third-order valence-corrected chi connectivity index (χ3v) is 2.92. The Kier molecular flexibility index (Phi) is 5.62. The lowest BCUT2D eigenvalue weighted by Crippen LogP contribution is -2.24. The summed E-state index contributed by atoms with van der Waals surface area (Å²) >= 11 is 0. The third kappa shape index (κ3) is 4.11. The number of hydrogen-bond donors (Lipinski definition) is 3. The predicted molar refractivity (Wildman–Crippen MR) is 70.2 cm³/mol. The van der Waals surface area contributed by atoms with Crippen molar-refractivity contribution < 1.29 is 10.2 Å². The molecule has 3 N–H and O–H groups in total. The van der Waals surface area contributed by atoms with Crippen LogP contribution in [0.25, 0.3) is 0 Å². The van der Waals surface area contributed by atoms with Gasteiger partial charge in [0.05, 0.1) is 6.10 Å². The Morgan fingerprint density at radius 2 is 1.76 bits per heavy atom. The molecular formula is C14H23NO2. The largest absolute Gasteiger partial charge is 0.396 e. The summed E-state index contributed by atoms with van der Waals surface area (Å²) in [6, 6.07) is 4.19. The average Bonchev–Trinajstić information content (AvgIpc) is 2.23. The van der Waals surface area contributed by atoms with Crippen LogP contribution in [0, 0.1) is 20.8 Å². The Balaban J connectivity index is 2.65. The number of aryl methyl sites for hydroxylation is 3. The maximum absolute atomic E-state index is 10.1. The zero-order valence-electron chi connectivity index (χ0n) is 11.0. The molecule has 0 amide bonds. The maximum Gasteiger partial charge on any atom is 0.0919 e. The summed E-state index contributed by atoms with van der Waals surface area (Å²) in [5.41, 5.74) is 4.52.